The fraction of sp³-hybridized carbons (Fsp3) is 0.733. The summed E-state index contributed by atoms with van der Waals surface area (Å²) < 4.78 is 0. The number of nitrogens with two attached hydrogens (primary N) is 2. The van der Waals surface area contributed by atoms with E-state index in [1.807, 2.05) is 18.5 Å². The monoisotopic (exact) mass is 343 g/mol. The van der Waals surface area contributed by atoms with Crippen LogP contribution in [-0.4, -0.2) is 55.5 Å². The van der Waals surface area contributed by atoms with Gasteiger partial charge in [-0.25, -0.2) is 0 Å². The predicted octanol–water partition coefficient (Wildman–Crippen LogP) is -0.338. The zero-order valence-corrected chi connectivity index (χ0v) is 15.3. The summed E-state index contributed by atoms with van der Waals surface area (Å²) in [5, 5.41) is 15.5. The average Bonchev–Trinajstić information content (AvgIpc) is 2.99. The van der Waals surface area contributed by atoms with Crippen molar-refractivity contribution in [1.29, 1.82) is 0 Å². The Morgan fingerprint density at radius 1 is 1.48 bits per heavy atom. The molecule has 1 aliphatic rings. The molecule has 1 aliphatic heterocycles. The minimum Gasteiger partial charge on any atom is -0.362 e. The van der Waals surface area contributed by atoms with Gasteiger partial charge in [-0.1, -0.05) is 18.7 Å². The van der Waals surface area contributed by atoms with Gasteiger partial charge in [0.2, 0.25) is 0 Å². The van der Waals surface area contributed by atoms with Gasteiger partial charge in [0.05, 0.1) is 12.3 Å². The first-order valence-electron chi connectivity index (χ1n) is 8.24. The van der Waals surface area contributed by atoms with Crippen LogP contribution in [0.3, 0.4) is 0 Å². The molecule has 0 fully saturated rings. The van der Waals surface area contributed by atoms with E-state index < -0.39 is 0 Å². The van der Waals surface area contributed by atoms with Crippen molar-refractivity contribution in [3.63, 3.8) is 0 Å². The molecule has 0 aromatic heterocycles. The van der Waals surface area contributed by atoms with Crippen molar-refractivity contribution in [2.24, 2.45) is 11.5 Å². The highest BCUT2D eigenvalue weighted by Gasteiger charge is 2.17. The van der Waals surface area contributed by atoms with Gasteiger partial charge in [-0.3, -0.25) is 10.2 Å². The van der Waals surface area contributed by atoms with E-state index in [1.54, 1.807) is 11.8 Å². The van der Waals surface area contributed by atoms with Crippen molar-refractivity contribution in [2.45, 2.75) is 38.6 Å². The summed E-state index contributed by atoms with van der Waals surface area (Å²) >= 11 is 1.72. The van der Waals surface area contributed by atoms with E-state index >= 15 is 0 Å². The van der Waals surface area contributed by atoms with E-state index in [2.05, 4.69) is 46.1 Å². The van der Waals surface area contributed by atoms with Crippen LogP contribution in [0.25, 0.3) is 0 Å². The molecule has 8 N–H and O–H groups in total. The number of likely N-dealkylation sites (N-methyl/N-ethyl adjacent to an activating group) is 1. The maximum Gasteiger partial charge on any atom is 0.149 e. The summed E-state index contributed by atoms with van der Waals surface area (Å²) in [5.41, 5.74) is 12.8. The fourth-order valence-corrected chi connectivity index (χ4v) is 3.05. The Kier molecular flexibility index (Phi) is 10.3. The van der Waals surface area contributed by atoms with Crippen LogP contribution in [-0.2, 0) is 0 Å². The molecule has 0 radical (unpaired) electrons. The molecule has 0 aliphatic carbocycles. The van der Waals surface area contributed by atoms with E-state index in [4.69, 9.17) is 11.5 Å². The van der Waals surface area contributed by atoms with Crippen LogP contribution in [0.5, 0.6) is 0 Å². The SMILES string of the molecule is CCN(CCNCCN)C(/C=C(\C)NC1NC=CS1)NC(C)N. The highest BCUT2D eigenvalue weighted by Crippen LogP contribution is 2.14. The Morgan fingerprint density at radius 2 is 2.26 bits per heavy atom. The van der Waals surface area contributed by atoms with Gasteiger partial charge in [0.1, 0.15) is 5.50 Å². The number of rotatable bonds is 12. The van der Waals surface area contributed by atoms with Crippen molar-refractivity contribution < 1.29 is 0 Å². The standard InChI is InChI=1S/C15H33N7S/c1-4-22(9-7-18-6-5-16)14(21-13(3)17)11-12(2)20-15-19-8-10-23-15/h8,10-11,13-15,18-21H,4-7,9,16-17H2,1-3H3/b12-11+. The fourth-order valence-electron chi connectivity index (χ4n) is 2.32. The highest BCUT2D eigenvalue weighted by molar-refractivity contribution is 8.02. The van der Waals surface area contributed by atoms with Crippen molar-refractivity contribution in [3.8, 4) is 0 Å². The molecule has 0 amide bonds. The zero-order valence-electron chi connectivity index (χ0n) is 14.5. The first-order chi connectivity index (χ1) is 11.1. The van der Waals surface area contributed by atoms with E-state index in [-0.39, 0.29) is 17.8 Å². The third kappa shape index (κ3) is 8.59. The van der Waals surface area contributed by atoms with Crippen LogP contribution in [0.15, 0.2) is 23.4 Å². The molecule has 0 saturated carbocycles. The molecule has 134 valence electrons. The van der Waals surface area contributed by atoms with Crippen molar-refractivity contribution in [1.82, 2.24) is 26.2 Å². The van der Waals surface area contributed by atoms with Crippen LogP contribution >= 0.6 is 11.8 Å². The molecule has 0 bridgehead atoms. The van der Waals surface area contributed by atoms with E-state index in [0.717, 1.165) is 31.9 Å². The van der Waals surface area contributed by atoms with Gasteiger partial charge in [-0.05, 0) is 31.9 Å². The van der Waals surface area contributed by atoms with Crippen LogP contribution in [0.1, 0.15) is 20.8 Å². The average molecular weight is 344 g/mol. The molecule has 23 heavy (non-hydrogen) atoms. The first kappa shape index (κ1) is 20.3. The van der Waals surface area contributed by atoms with E-state index in [9.17, 15) is 0 Å². The lowest BCUT2D eigenvalue weighted by molar-refractivity contribution is 0.198. The van der Waals surface area contributed by atoms with Crippen LogP contribution in [0, 0.1) is 0 Å². The molecular weight excluding hydrogens is 310 g/mol. The van der Waals surface area contributed by atoms with Crippen molar-refractivity contribution >= 4 is 11.8 Å². The molecule has 0 saturated heterocycles. The van der Waals surface area contributed by atoms with Gasteiger partial charge < -0.3 is 27.4 Å². The van der Waals surface area contributed by atoms with Gasteiger partial charge in [-0.2, -0.15) is 0 Å². The lowest BCUT2D eigenvalue weighted by atomic mass is 10.3. The third-order valence-corrected chi connectivity index (χ3v) is 4.25. The number of nitrogens with zero attached hydrogens (tertiary/aromatic N) is 1. The molecule has 3 atom stereocenters. The first-order valence-corrected chi connectivity index (χ1v) is 9.19. The second kappa shape index (κ2) is 11.7. The van der Waals surface area contributed by atoms with Crippen LogP contribution in [0.2, 0.25) is 0 Å². The molecule has 8 heteroatoms. The quantitative estimate of drug-likeness (QED) is 0.211. The van der Waals surface area contributed by atoms with Crippen LogP contribution < -0.4 is 32.7 Å². The Balaban J connectivity index is 2.59. The van der Waals surface area contributed by atoms with Crippen molar-refractivity contribution in [2.75, 3.05) is 32.7 Å². The summed E-state index contributed by atoms with van der Waals surface area (Å²) in [6.45, 7) is 10.5. The Labute approximate surface area is 144 Å². The molecule has 1 rings (SSSR count). The number of nitrogens with one attached hydrogen (secondary N) is 4. The second-order valence-electron chi connectivity index (χ2n) is 5.55. The van der Waals surface area contributed by atoms with Gasteiger partial charge in [-0.15, -0.1) is 0 Å². The predicted molar refractivity (Wildman–Crippen MR) is 100 cm³/mol. The van der Waals surface area contributed by atoms with Gasteiger partial charge in [0.25, 0.3) is 0 Å². The largest absolute Gasteiger partial charge is 0.362 e. The molecule has 3 unspecified atom stereocenters. The summed E-state index contributed by atoms with van der Waals surface area (Å²) in [5.74, 6) is 0. The zero-order chi connectivity index (χ0) is 17.1. The van der Waals surface area contributed by atoms with Crippen molar-refractivity contribution in [3.05, 3.63) is 23.4 Å². The lowest BCUT2D eigenvalue weighted by Gasteiger charge is -2.31. The molecule has 0 spiro atoms. The second-order valence-corrected chi connectivity index (χ2v) is 6.56. The Hall–Kier alpha value is -0.770. The summed E-state index contributed by atoms with van der Waals surface area (Å²) in [4.78, 5) is 2.35. The molecular formula is C15H33N7S. The van der Waals surface area contributed by atoms with E-state index in [1.165, 1.54) is 0 Å². The minimum atomic E-state index is -0.0734. The van der Waals surface area contributed by atoms with E-state index in [0.29, 0.717) is 6.54 Å². The summed E-state index contributed by atoms with van der Waals surface area (Å²) in [6, 6.07) is 0. The number of hydrogen-bond donors (Lipinski definition) is 6. The maximum atomic E-state index is 5.96. The lowest BCUT2D eigenvalue weighted by Crippen LogP contribution is -2.52. The Bertz CT molecular complexity index is 365. The minimum absolute atomic E-state index is 0.0734. The smallest absolute Gasteiger partial charge is 0.149 e. The maximum absolute atomic E-state index is 5.96. The Morgan fingerprint density at radius 3 is 2.83 bits per heavy atom. The molecule has 0 aromatic rings. The highest BCUT2D eigenvalue weighted by atomic mass is 32.2. The normalized spacial score (nSPS) is 20.6. The van der Waals surface area contributed by atoms with Crippen LogP contribution in [0.4, 0.5) is 0 Å². The number of thioether (sulfide) groups is 1. The number of hydrogen-bond acceptors (Lipinski definition) is 8. The topological polar surface area (TPSA) is 103 Å². The van der Waals surface area contributed by atoms with Gasteiger partial charge in [0.15, 0.2) is 0 Å². The molecule has 7 nitrogen and oxygen atoms in total. The molecule has 1 heterocycles. The molecule has 0 aromatic carbocycles. The number of allylic oxidation sites excluding steroid dienone is 1. The van der Waals surface area contributed by atoms with Gasteiger partial charge >= 0.3 is 0 Å². The summed E-state index contributed by atoms with van der Waals surface area (Å²) in [6.07, 6.45) is 4.16. The van der Waals surface area contributed by atoms with Gasteiger partial charge in [0, 0.05) is 38.1 Å². The summed E-state index contributed by atoms with van der Waals surface area (Å²) in [7, 11) is 0. The third-order valence-electron chi connectivity index (χ3n) is 3.43.